The van der Waals surface area contributed by atoms with E-state index in [0.717, 1.165) is 12.1 Å². The number of benzene rings is 1. The first kappa shape index (κ1) is 12.1. The molecular formula is C8H5Cl2NO3S. The third-order valence-corrected chi connectivity index (χ3v) is 3.38. The van der Waals surface area contributed by atoms with Gasteiger partial charge in [-0.05, 0) is 17.7 Å². The van der Waals surface area contributed by atoms with Gasteiger partial charge in [0.15, 0.2) is 0 Å². The fraction of sp³-hybridized carbons (Fsp3) is 0.125. The van der Waals surface area contributed by atoms with Crippen molar-refractivity contribution in [1.82, 2.24) is 0 Å². The molecule has 0 heterocycles. The first-order valence-electron chi connectivity index (χ1n) is 3.66. The molecule has 0 amide bonds. The number of nitriles is 1. The molecule has 0 saturated heterocycles. The highest BCUT2D eigenvalue weighted by Gasteiger charge is 2.21. The Labute approximate surface area is 96.1 Å². The molecule has 1 rings (SSSR count). The minimum atomic E-state index is -4.05. The third-order valence-electron chi connectivity index (χ3n) is 1.66. The zero-order valence-corrected chi connectivity index (χ0v) is 9.57. The van der Waals surface area contributed by atoms with Crippen molar-refractivity contribution in [2.24, 2.45) is 0 Å². The van der Waals surface area contributed by atoms with Crippen molar-refractivity contribution in [3.63, 3.8) is 0 Å². The Bertz CT molecular complexity index is 534. The van der Waals surface area contributed by atoms with Gasteiger partial charge in [-0.3, -0.25) is 0 Å². The molecule has 1 N–H and O–H groups in total. The van der Waals surface area contributed by atoms with Gasteiger partial charge in [-0.25, -0.2) is 8.42 Å². The van der Waals surface area contributed by atoms with Crippen molar-refractivity contribution in [3.8, 4) is 11.8 Å². The maximum Gasteiger partial charge on any atom is 0.262 e. The molecule has 1 aromatic rings. The van der Waals surface area contributed by atoms with E-state index in [0.29, 0.717) is 0 Å². The lowest BCUT2D eigenvalue weighted by molar-refractivity contribution is 0.474. The van der Waals surface area contributed by atoms with Gasteiger partial charge in [0.2, 0.25) is 0 Å². The molecule has 0 spiro atoms. The van der Waals surface area contributed by atoms with E-state index < -0.39 is 9.05 Å². The van der Waals surface area contributed by atoms with Crippen molar-refractivity contribution in [2.45, 2.75) is 10.8 Å². The van der Waals surface area contributed by atoms with E-state index in [1.54, 1.807) is 6.07 Å². The van der Waals surface area contributed by atoms with Crippen molar-refractivity contribution in [3.05, 3.63) is 23.3 Å². The molecule has 0 aliphatic heterocycles. The molecule has 0 aromatic heterocycles. The predicted octanol–water partition coefficient (Wildman–Crippen LogP) is 1.93. The fourth-order valence-corrected chi connectivity index (χ4v) is 2.79. The summed E-state index contributed by atoms with van der Waals surface area (Å²) in [7, 11) is 1.11. The van der Waals surface area contributed by atoms with E-state index >= 15 is 0 Å². The smallest absolute Gasteiger partial charge is 0.262 e. The summed E-state index contributed by atoms with van der Waals surface area (Å²) in [6.07, 6.45) is 0. The van der Waals surface area contributed by atoms with Crippen molar-refractivity contribution >= 4 is 31.3 Å². The molecule has 0 atom stereocenters. The highest BCUT2D eigenvalue weighted by atomic mass is 35.7. The highest BCUT2D eigenvalue weighted by Crippen LogP contribution is 2.29. The Hall–Kier alpha value is -0.960. The largest absolute Gasteiger partial charge is 0.508 e. The first-order valence-corrected chi connectivity index (χ1v) is 6.51. The molecule has 0 unspecified atom stereocenters. The van der Waals surface area contributed by atoms with Crippen LogP contribution in [0.2, 0.25) is 0 Å². The van der Waals surface area contributed by atoms with Crippen molar-refractivity contribution in [1.29, 1.82) is 5.26 Å². The van der Waals surface area contributed by atoms with Crippen LogP contribution in [-0.2, 0) is 14.9 Å². The van der Waals surface area contributed by atoms with Gasteiger partial charge >= 0.3 is 0 Å². The van der Waals surface area contributed by atoms with Gasteiger partial charge in [-0.15, -0.1) is 11.6 Å². The zero-order chi connectivity index (χ0) is 11.6. The second-order valence-corrected chi connectivity index (χ2v) is 5.43. The Morgan fingerprint density at radius 2 is 2.07 bits per heavy atom. The molecule has 0 aliphatic carbocycles. The molecule has 0 fully saturated rings. The van der Waals surface area contributed by atoms with Gasteiger partial charge < -0.3 is 5.11 Å². The Balaban J connectivity index is 3.69. The minimum Gasteiger partial charge on any atom is -0.508 e. The van der Waals surface area contributed by atoms with Gasteiger partial charge in [-0.1, -0.05) is 0 Å². The van der Waals surface area contributed by atoms with Crippen molar-refractivity contribution in [2.75, 3.05) is 0 Å². The normalized spacial score (nSPS) is 11.0. The molecule has 0 radical (unpaired) electrons. The van der Waals surface area contributed by atoms with Crippen LogP contribution in [0, 0.1) is 11.3 Å². The molecule has 4 nitrogen and oxygen atoms in total. The SMILES string of the molecule is N#Cc1cc(O)cc(CCl)c1S(=O)(=O)Cl. The Kier molecular flexibility index (Phi) is 3.45. The maximum absolute atomic E-state index is 11.2. The molecule has 0 aliphatic rings. The van der Waals surface area contributed by atoms with Crippen molar-refractivity contribution < 1.29 is 13.5 Å². The maximum atomic E-state index is 11.2. The molecule has 80 valence electrons. The zero-order valence-electron chi connectivity index (χ0n) is 7.24. The second-order valence-electron chi connectivity index (χ2n) is 2.66. The highest BCUT2D eigenvalue weighted by molar-refractivity contribution is 8.13. The summed E-state index contributed by atoms with van der Waals surface area (Å²) in [4.78, 5) is -0.348. The van der Waals surface area contributed by atoms with Gasteiger partial charge in [-0.2, -0.15) is 5.26 Å². The fourth-order valence-electron chi connectivity index (χ4n) is 1.14. The molecule has 15 heavy (non-hydrogen) atoms. The number of hydrogen-bond donors (Lipinski definition) is 1. The van der Waals surface area contributed by atoms with E-state index in [-0.39, 0.29) is 27.7 Å². The Morgan fingerprint density at radius 3 is 2.47 bits per heavy atom. The quantitative estimate of drug-likeness (QED) is 0.655. The summed E-state index contributed by atoms with van der Waals surface area (Å²) in [6, 6.07) is 3.81. The van der Waals surface area contributed by atoms with E-state index in [1.165, 1.54) is 0 Å². The summed E-state index contributed by atoms with van der Waals surface area (Å²) in [5.74, 6) is -0.393. The van der Waals surface area contributed by atoms with Crippen LogP contribution < -0.4 is 0 Å². The predicted molar refractivity (Wildman–Crippen MR) is 55.4 cm³/mol. The van der Waals surface area contributed by atoms with Crippen LogP contribution in [0.25, 0.3) is 0 Å². The van der Waals surface area contributed by atoms with Crippen LogP contribution in [0.4, 0.5) is 0 Å². The molecule has 7 heteroatoms. The summed E-state index contributed by atoms with van der Waals surface area (Å²) in [6.45, 7) is 0. The Morgan fingerprint density at radius 1 is 1.47 bits per heavy atom. The van der Waals surface area contributed by atoms with Gasteiger partial charge in [0, 0.05) is 16.6 Å². The molecule has 0 saturated carbocycles. The summed E-state index contributed by atoms with van der Waals surface area (Å²) < 4.78 is 22.4. The number of phenolic OH excluding ortho intramolecular Hbond substituents is 1. The first-order chi connectivity index (χ1) is 6.90. The van der Waals surface area contributed by atoms with Crippen LogP contribution in [0.5, 0.6) is 5.75 Å². The lowest BCUT2D eigenvalue weighted by atomic mass is 10.1. The van der Waals surface area contributed by atoms with E-state index in [1.807, 2.05) is 0 Å². The monoisotopic (exact) mass is 265 g/mol. The number of rotatable bonds is 2. The number of alkyl halides is 1. The van der Waals surface area contributed by atoms with Crippen LogP contribution in [0.3, 0.4) is 0 Å². The average molecular weight is 266 g/mol. The minimum absolute atomic E-state index is 0.100. The summed E-state index contributed by atoms with van der Waals surface area (Å²) in [5, 5.41) is 17.9. The summed E-state index contributed by atoms with van der Waals surface area (Å²) >= 11 is 5.50. The van der Waals surface area contributed by atoms with Gasteiger partial charge in [0.05, 0.1) is 5.56 Å². The van der Waals surface area contributed by atoms with E-state index in [9.17, 15) is 13.5 Å². The number of halogens is 2. The van der Waals surface area contributed by atoms with Gasteiger partial charge in [0.1, 0.15) is 16.7 Å². The number of aromatic hydroxyl groups is 1. The number of phenols is 1. The molecule has 0 bridgehead atoms. The van der Waals surface area contributed by atoms with Gasteiger partial charge in [0.25, 0.3) is 9.05 Å². The third kappa shape index (κ3) is 2.53. The molecular weight excluding hydrogens is 261 g/mol. The van der Waals surface area contributed by atoms with E-state index in [2.05, 4.69) is 0 Å². The number of nitrogens with zero attached hydrogens (tertiary/aromatic N) is 1. The average Bonchev–Trinajstić information content (AvgIpc) is 2.14. The standard InChI is InChI=1S/C8H5Cl2NO3S/c9-3-5-1-7(12)2-6(4-11)8(5)15(10,13)14/h1-2,12H,3H2. The van der Waals surface area contributed by atoms with Crippen LogP contribution in [0.15, 0.2) is 17.0 Å². The van der Waals surface area contributed by atoms with Crippen LogP contribution >= 0.6 is 22.3 Å². The van der Waals surface area contributed by atoms with Crippen LogP contribution in [-0.4, -0.2) is 13.5 Å². The lowest BCUT2D eigenvalue weighted by Crippen LogP contribution is -2.00. The number of hydrogen-bond acceptors (Lipinski definition) is 4. The summed E-state index contributed by atoms with van der Waals surface area (Å²) in [5.41, 5.74) is -0.121. The second kappa shape index (κ2) is 4.27. The van der Waals surface area contributed by atoms with Crippen LogP contribution in [0.1, 0.15) is 11.1 Å². The lowest BCUT2D eigenvalue weighted by Gasteiger charge is -2.06. The topological polar surface area (TPSA) is 78.2 Å². The van der Waals surface area contributed by atoms with E-state index in [4.69, 9.17) is 27.5 Å². The molecule has 1 aromatic carbocycles.